The Morgan fingerprint density at radius 3 is 2.67 bits per heavy atom. The number of carbonyl (C=O) groups excluding carboxylic acids is 2. The Kier molecular flexibility index (Phi) is 5.22. The molecule has 0 radical (unpaired) electrons. The minimum atomic E-state index is -3.54. The van der Waals surface area contributed by atoms with E-state index in [0.29, 0.717) is 35.0 Å². The molecule has 1 amide bonds. The molecule has 0 saturated carbocycles. The molecule has 1 aliphatic carbocycles. The van der Waals surface area contributed by atoms with E-state index in [2.05, 4.69) is 10.3 Å². The van der Waals surface area contributed by atoms with Crippen LogP contribution in [0.4, 0.5) is 5.13 Å². The number of Topliss-reactive ketones (excluding diaryl/α,β-unsaturated/α-hetero) is 1. The zero-order valence-electron chi connectivity index (χ0n) is 15.5. The van der Waals surface area contributed by atoms with Gasteiger partial charge in [0, 0.05) is 6.42 Å². The van der Waals surface area contributed by atoms with Crippen LogP contribution >= 0.6 is 11.3 Å². The molecule has 2 aromatic rings. The normalized spacial score (nSPS) is 16.0. The monoisotopic (exact) mass is 406 g/mol. The number of hydrogen-bond acceptors (Lipinski definition) is 6. The lowest BCUT2D eigenvalue weighted by Gasteiger charge is -2.26. The smallest absolute Gasteiger partial charge is 0.258 e. The van der Waals surface area contributed by atoms with E-state index >= 15 is 0 Å². The Bertz CT molecular complexity index is 1010. The van der Waals surface area contributed by atoms with Crippen LogP contribution in [-0.4, -0.2) is 30.8 Å². The van der Waals surface area contributed by atoms with Crippen LogP contribution in [0.5, 0.6) is 0 Å². The van der Waals surface area contributed by atoms with Crippen molar-refractivity contribution in [2.45, 2.75) is 44.9 Å². The third kappa shape index (κ3) is 4.11. The zero-order valence-corrected chi connectivity index (χ0v) is 17.2. The van der Waals surface area contributed by atoms with Crippen LogP contribution in [-0.2, 0) is 16.3 Å². The second-order valence-corrected chi connectivity index (χ2v) is 10.6. The van der Waals surface area contributed by atoms with E-state index in [0.717, 1.165) is 11.3 Å². The largest absolute Gasteiger partial charge is 0.298 e. The predicted octanol–water partition coefficient (Wildman–Crippen LogP) is 3.73. The first-order chi connectivity index (χ1) is 12.6. The van der Waals surface area contributed by atoms with E-state index in [1.54, 1.807) is 19.1 Å². The number of thiazole rings is 1. The molecular formula is C19H22N2O4S2. The fourth-order valence-electron chi connectivity index (χ4n) is 3.24. The maximum Gasteiger partial charge on any atom is 0.258 e. The Labute approximate surface area is 162 Å². The van der Waals surface area contributed by atoms with Gasteiger partial charge < -0.3 is 0 Å². The summed E-state index contributed by atoms with van der Waals surface area (Å²) in [6.45, 7) is 5.80. The van der Waals surface area contributed by atoms with Gasteiger partial charge in [0.25, 0.3) is 5.91 Å². The van der Waals surface area contributed by atoms with Crippen molar-refractivity contribution in [3.63, 3.8) is 0 Å². The Hall–Kier alpha value is -2.06. The van der Waals surface area contributed by atoms with Gasteiger partial charge in [0.15, 0.2) is 20.8 Å². The highest BCUT2D eigenvalue weighted by Gasteiger charge is 2.34. The molecule has 27 heavy (non-hydrogen) atoms. The number of nitrogens with zero attached hydrogens (tertiary/aromatic N) is 1. The van der Waals surface area contributed by atoms with Gasteiger partial charge >= 0.3 is 0 Å². The summed E-state index contributed by atoms with van der Waals surface area (Å²) in [5, 5.41) is 2.99. The lowest BCUT2D eigenvalue weighted by atomic mass is 9.78. The van der Waals surface area contributed by atoms with E-state index in [9.17, 15) is 18.0 Å². The predicted molar refractivity (Wildman–Crippen MR) is 105 cm³/mol. The molecule has 0 fully saturated rings. The third-order valence-electron chi connectivity index (χ3n) is 4.40. The number of amides is 1. The number of anilines is 1. The van der Waals surface area contributed by atoms with Crippen LogP contribution in [0, 0.1) is 5.41 Å². The first-order valence-corrected chi connectivity index (χ1v) is 11.3. The molecule has 0 aliphatic heterocycles. The molecule has 0 saturated heterocycles. The summed E-state index contributed by atoms with van der Waals surface area (Å²) in [5.41, 5.74) is 0.634. The van der Waals surface area contributed by atoms with E-state index in [1.807, 2.05) is 13.8 Å². The fraction of sp³-hybridized carbons (Fsp3) is 0.421. The number of hydrogen-bond donors (Lipinski definition) is 1. The number of benzene rings is 1. The second-order valence-electron chi connectivity index (χ2n) is 7.50. The van der Waals surface area contributed by atoms with Crippen molar-refractivity contribution in [1.82, 2.24) is 4.98 Å². The molecule has 1 N–H and O–H groups in total. The van der Waals surface area contributed by atoms with Gasteiger partial charge in [-0.1, -0.05) is 44.2 Å². The number of carbonyl (C=O) groups is 2. The molecule has 0 atom stereocenters. The van der Waals surface area contributed by atoms with Gasteiger partial charge in [-0.2, -0.15) is 0 Å². The number of ketones is 1. The first-order valence-electron chi connectivity index (χ1n) is 8.79. The molecular weight excluding hydrogens is 384 g/mol. The molecule has 0 unspecified atom stereocenters. The van der Waals surface area contributed by atoms with Gasteiger partial charge in [0.2, 0.25) is 0 Å². The highest BCUT2D eigenvalue weighted by Crippen LogP contribution is 2.38. The van der Waals surface area contributed by atoms with E-state index in [-0.39, 0.29) is 27.4 Å². The summed E-state index contributed by atoms with van der Waals surface area (Å²) in [4.78, 5) is 30.0. The molecule has 1 aliphatic rings. The third-order valence-corrected chi connectivity index (χ3v) is 7.42. The molecule has 1 heterocycles. The second kappa shape index (κ2) is 7.16. The molecule has 0 bridgehead atoms. The average Bonchev–Trinajstić information content (AvgIpc) is 2.96. The molecule has 1 aromatic heterocycles. The highest BCUT2D eigenvalue weighted by molar-refractivity contribution is 7.91. The number of nitrogens with one attached hydrogen (secondary N) is 1. The highest BCUT2D eigenvalue weighted by atomic mass is 32.2. The van der Waals surface area contributed by atoms with Crippen molar-refractivity contribution in [1.29, 1.82) is 0 Å². The molecule has 0 spiro atoms. The summed E-state index contributed by atoms with van der Waals surface area (Å²) in [6, 6.07) is 6.15. The van der Waals surface area contributed by atoms with Gasteiger partial charge in [-0.15, -0.1) is 0 Å². The molecule has 3 rings (SSSR count). The maximum absolute atomic E-state index is 12.7. The minimum absolute atomic E-state index is 0.0166. The molecule has 6 nitrogen and oxygen atoms in total. The van der Waals surface area contributed by atoms with Crippen LogP contribution in [0.3, 0.4) is 0 Å². The van der Waals surface area contributed by atoms with E-state index in [4.69, 9.17) is 0 Å². The molecule has 8 heteroatoms. The van der Waals surface area contributed by atoms with Crippen molar-refractivity contribution in [2.75, 3.05) is 11.1 Å². The number of aromatic nitrogens is 1. The Morgan fingerprint density at radius 2 is 1.96 bits per heavy atom. The van der Waals surface area contributed by atoms with Gasteiger partial charge in [-0.25, -0.2) is 13.4 Å². The summed E-state index contributed by atoms with van der Waals surface area (Å²) in [6.07, 6.45) is 1.59. The van der Waals surface area contributed by atoms with E-state index in [1.165, 1.54) is 12.1 Å². The van der Waals surface area contributed by atoms with Crippen molar-refractivity contribution in [2.24, 2.45) is 5.41 Å². The number of sulfone groups is 1. The van der Waals surface area contributed by atoms with Gasteiger partial charge in [-0.05, 0) is 30.4 Å². The lowest BCUT2D eigenvalue weighted by Crippen LogP contribution is -2.26. The van der Waals surface area contributed by atoms with Crippen LogP contribution in [0.2, 0.25) is 0 Å². The van der Waals surface area contributed by atoms with Gasteiger partial charge in [0.1, 0.15) is 0 Å². The van der Waals surface area contributed by atoms with Gasteiger partial charge in [-0.3, -0.25) is 14.9 Å². The quantitative estimate of drug-likeness (QED) is 0.816. The van der Waals surface area contributed by atoms with Crippen LogP contribution in [0.1, 0.15) is 59.3 Å². The van der Waals surface area contributed by atoms with Crippen molar-refractivity contribution < 1.29 is 18.0 Å². The average molecular weight is 407 g/mol. The lowest BCUT2D eigenvalue weighted by molar-refractivity contribution is 0.0915. The van der Waals surface area contributed by atoms with Crippen LogP contribution in [0.15, 0.2) is 29.2 Å². The van der Waals surface area contributed by atoms with Crippen LogP contribution < -0.4 is 5.32 Å². The summed E-state index contributed by atoms with van der Waals surface area (Å²) in [7, 11) is -3.54. The number of fused-ring (bicyclic) bond motifs is 1. The van der Waals surface area contributed by atoms with Gasteiger partial charge in [0.05, 0.1) is 26.8 Å². The van der Waals surface area contributed by atoms with E-state index < -0.39 is 15.7 Å². The minimum Gasteiger partial charge on any atom is -0.298 e. The summed E-state index contributed by atoms with van der Waals surface area (Å²) >= 11 is 1.15. The SMILES string of the molecule is CCCS(=O)(=O)c1ccccc1C(=O)Nc1nc2c(s1)C(=O)CC(C)(C)C2. The fourth-order valence-corrected chi connectivity index (χ4v) is 5.70. The molecule has 1 aromatic carbocycles. The van der Waals surface area contributed by atoms with Crippen molar-refractivity contribution >= 4 is 38.0 Å². The summed E-state index contributed by atoms with van der Waals surface area (Å²) in [5.74, 6) is -0.528. The topological polar surface area (TPSA) is 93.2 Å². The summed E-state index contributed by atoms with van der Waals surface area (Å²) < 4.78 is 24.9. The van der Waals surface area contributed by atoms with Crippen molar-refractivity contribution in [3.05, 3.63) is 40.4 Å². The Morgan fingerprint density at radius 1 is 1.26 bits per heavy atom. The van der Waals surface area contributed by atoms with Crippen LogP contribution in [0.25, 0.3) is 0 Å². The first kappa shape index (κ1) is 19.7. The molecule has 144 valence electrons. The van der Waals surface area contributed by atoms with Crippen molar-refractivity contribution in [3.8, 4) is 0 Å². The number of rotatable bonds is 5. The zero-order chi connectivity index (χ0) is 19.8. The standard InChI is InChI=1S/C19H22N2O4S2/c1-4-9-27(24,25)15-8-6-5-7-12(15)17(23)21-18-20-13-10-19(2,3)11-14(22)16(13)26-18/h5-8H,4,9-11H2,1-3H3,(H,20,21,23). The Balaban J connectivity index is 1.89. The maximum atomic E-state index is 12.7.